The van der Waals surface area contributed by atoms with E-state index in [1.807, 2.05) is 26.0 Å². The summed E-state index contributed by atoms with van der Waals surface area (Å²) in [5.74, 6) is 1.68. The van der Waals surface area contributed by atoms with Gasteiger partial charge in [-0.2, -0.15) is 0 Å². The largest absolute Gasteiger partial charge is 0.508 e. The SMILES string of the molecule is C=C1C=CC(N2CCC(C)(N)CC2)=NC(N)=C1Sc1cccc(CC2=CCCN(CC3CCC/C(=C/Cc4ccc5c(c4)CN(C(=O)c4cc(C(C)C)c(O)cc4O)C5)CC3)CC2)c1Cl. The monoisotopic (exact) mass is 914 g/mol. The van der Waals surface area contributed by atoms with Gasteiger partial charge in [0.1, 0.15) is 23.2 Å². The van der Waals surface area contributed by atoms with Crippen LogP contribution < -0.4 is 11.5 Å². The van der Waals surface area contributed by atoms with E-state index in [9.17, 15) is 15.0 Å². The third-order valence-electron chi connectivity index (χ3n) is 14.1. The van der Waals surface area contributed by atoms with Gasteiger partial charge in [-0.3, -0.25) is 4.79 Å². The second-order valence-corrected chi connectivity index (χ2v) is 21.0. The van der Waals surface area contributed by atoms with Crippen molar-refractivity contribution in [3.8, 4) is 11.5 Å². The smallest absolute Gasteiger partial charge is 0.258 e. The van der Waals surface area contributed by atoms with Crippen LogP contribution in [0.4, 0.5) is 0 Å². The zero-order valence-corrected chi connectivity index (χ0v) is 40.1. The molecular formula is C54H67ClN6O3S. The molecular weight excluding hydrogens is 848 g/mol. The van der Waals surface area contributed by atoms with Gasteiger partial charge in [-0.05, 0) is 141 Å². The lowest BCUT2D eigenvalue weighted by atomic mass is 9.91. The molecule has 344 valence electrons. The number of hydrogen-bond acceptors (Lipinski definition) is 9. The van der Waals surface area contributed by atoms with Crippen molar-refractivity contribution in [1.29, 1.82) is 0 Å². The van der Waals surface area contributed by atoms with E-state index in [0.29, 0.717) is 30.4 Å². The number of aliphatic imine (C=N–C) groups is 1. The molecule has 1 atom stereocenters. The van der Waals surface area contributed by atoms with Crippen molar-refractivity contribution in [3.63, 3.8) is 0 Å². The molecule has 8 rings (SSSR count). The van der Waals surface area contributed by atoms with Crippen molar-refractivity contribution in [2.75, 3.05) is 32.7 Å². The highest BCUT2D eigenvalue weighted by Crippen LogP contribution is 2.41. The number of aromatic hydroxyl groups is 2. The van der Waals surface area contributed by atoms with Gasteiger partial charge in [0.15, 0.2) is 0 Å². The Bertz CT molecular complexity index is 2460. The number of piperidine rings is 1. The highest BCUT2D eigenvalue weighted by Gasteiger charge is 2.30. The van der Waals surface area contributed by atoms with E-state index in [0.717, 1.165) is 115 Å². The Hall–Kier alpha value is -4.74. The number of likely N-dealkylation sites (tertiary alicyclic amines) is 1. The Morgan fingerprint density at radius 1 is 1.00 bits per heavy atom. The topological polar surface area (TPSA) is 132 Å². The number of nitrogens with zero attached hydrogens (tertiary/aromatic N) is 4. The molecule has 1 aliphatic carbocycles. The first-order chi connectivity index (χ1) is 31.2. The van der Waals surface area contributed by atoms with E-state index in [1.54, 1.807) is 28.3 Å². The number of nitrogens with two attached hydrogens (primary N) is 2. The number of hydrogen-bond donors (Lipinski definition) is 4. The Labute approximate surface area is 395 Å². The molecule has 9 nitrogen and oxygen atoms in total. The van der Waals surface area contributed by atoms with Crippen LogP contribution in [-0.4, -0.2) is 74.9 Å². The first-order valence-corrected chi connectivity index (χ1v) is 24.9. The van der Waals surface area contributed by atoms with Gasteiger partial charge in [0.2, 0.25) is 0 Å². The van der Waals surface area contributed by atoms with E-state index in [4.69, 9.17) is 28.1 Å². The molecule has 4 aliphatic heterocycles. The van der Waals surface area contributed by atoms with Gasteiger partial charge in [-0.25, -0.2) is 4.99 Å². The molecule has 0 radical (unpaired) electrons. The number of thioether (sulfide) groups is 1. The second kappa shape index (κ2) is 20.4. The zero-order valence-electron chi connectivity index (χ0n) is 38.6. The van der Waals surface area contributed by atoms with E-state index >= 15 is 0 Å². The van der Waals surface area contributed by atoms with E-state index < -0.39 is 0 Å². The van der Waals surface area contributed by atoms with Crippen molar-refractivity contribution >= 4 is 35.1 Å². The first kappa shape index (κ1) is 46.8. The number of phenols is 2. The molecule has 2 fully saturated rings. The van der Waals surface area contributed by atoms with Gasteiger partial charge in [-0.1, -0.05) is 103 Å². The average Bonchev–Trinajstić information content (AvgIpc) is 3.35. The lowest BCUT2D eigenvalue weighted by Gasteiger charge is -2.37. The Balaban J connectivity index is 0.807. The molecule has 11 heteroatoms. The molecule has 1 unspecified atom stereocenters. The Kier molecular flexibility index (Phi) is 14.7. The van der Waals surface area contributed by atoms with E-state index in [2.05, 4.69) is 71.9 Å². The number of halogens is 1. The lowest BCUT2D eigenvalue weighted by Crippen LogP contribution is -2.49. The van der Waals surface area contributed by atoms with Crippen molar-refractivity contribution in [1.82, 2.24) is 14.7 Å². The van der Waals surface area contributed by atoms with Gasteiger partial charge in [0.25, 0.3) is 5.91 Å². The Morgan fingerprint density at radius 2 is 1.80 bits per heavy atom. The second-order valence-electron chi connectivity index (χ2n) is 19.6. The van der Waals surface area contributed by atoms with Gasteiger partial charge in [0.05, 0.1) is 15.5 Å². The maximum absolute atomic E-state index is 13.5. The summed E-state index contributed by atoms with van der Waals surface area (Å²) in [6.45, 7) is 16.4. The van der Waals surface area contributed by atoms with Crippen LogP contribution >= 0.6 is 23.4 Å². The van der Waals surface area contributed by atoms with Gasteiger partial charge >= 0.3 is 0 Å². The average molecular weight is 916 g/mol. The minimum absolute atomic E-state index is 0.0164. The number of rotatable bonds is 10. The zero-order chi connectivity index (χ0) is 45.8. The van der Waals surface area contributed by atoms with E-state index in [1.165, 1.54) is 48.4 Å². The van der Waals surface area contributed by atoms with Gasteiger partial charge in [0, 0.05) is 62.3 Å². The maximum Gasteiger partial charge on any atom is 0.258 e. The molecule has 3 aromatic rings. The number of amidine groups is 1. The molecule has 3 aromatic carbocycles. The summed E-state index contributed by atoms with van der Waals surface area (Å²) < 4.78 is 0. The summed E-state index contributed by atoms with van der Waals surface area (Å²) in [7, 11) is 0. The fraction of sp³-hybridized carbons (Fsp3) is 0.444. The molecule has 5 aliphatic rings. The van der Waals surface area contributed by atoms with Crippen molar-refractivity contribution in [3.05, 3.63) is 145 Å². The molecule has 1 saturated heterocycles. The summed E-state index contributed by atoms with van der Waals surface area (Å²) in [6.07, 6.45) is 20.7. The van der Waals surface area contributed by atoms with Crippen LogP contribution in [0.1, 0.15) is 123 Å². The molecule has 1 amide bonds. The number of allylic oxidation sites excluding steroid dienone is 4. The summed E-state index contributed by atoms with van der Waals surface area (Å²) in [5.41, 5.74) is 22.4. The third kappa shape index (κ3) is 11.5. The normalized spacial score (nSPS) is 21.3. The fourth-order valence-corrected chi connectivity index (χ4v) is 11.3. The third-order valence-corrected chi connectivity index (χ3v) is 15.9. The minimum atomic E-state index is -0.213. The minimum Gasteiger partial charge on any atom is -0.508 e. The summed E-state index contributed by atoms with van der Waals surface area (Å²) in [6, 6.07) is 15.8. The molecule has 4 heterocycles. The lowest BCUT2D eigenvalue weighted by molar-refractivity contribution is 0.0748. The number of fused-ring (bicyclic) bond motifs is 1. The quantitative estimate of drug-likeness (QED) is 0.117. The predicted octanol–water partition coefficient (Wildman–Crippen LogP) is 10.9. The standard InChI is InChI=1S/C54H67ClN6O3S/c1-35(2)44-30-45(47(63)31-46(44)62)53(64)61-33-42-19-18-39(29-43(42)34-61)16-14-37-8-5-9-40(17-15-37)32-59-24-7-10-38(21-25-59)28-41-11-6-12-48(50(41)55)65-51-36(3)13-20-49(58-52(51)56)60-26-22-54(4,57)23-27-60/h6,10-14,18-20,29-31,35,40,62-63H,3,5,7-9,15-17,21-28,32-34,56-57H2,1-2,4H3/b37-14-. The first-order valence-electron chi connectivity index (χ1n) is 23.7. The van der Waals surface area contributed by atoms with Crippen LogP contribution in [0.25, 0.3) is 0 Å². The predicted molar refractivity (Wildman–Crippen MR) is 267 cm³/mol. The fourth-order valence-electron chi connectivity index (χ4n) is 10.0. The van der Waals surface area contributed by atoms with Gasteiger partial charge < -0.3 is 36.4 Å². The highest BCUT2D eigenvalue weighted by molar-refractivity contribution is 8.03. The van der Waals surface area contributed by atoms with Crippen LogP contribution in [0.5, 0.6) is 11.5 Å². The van der Waals surface area contributed by atoms with Crippen LogP contribution in [0, 0.1) is 5.92 Å². The molecule has 1 saturated carbocycles. The Morgan fingerprint density at radius 3 is 2.60 bits per heavy atom. The summed E-state index contributed by atoms with van der Waals surface area (Å²) >= 11 is 8.71. The summed E-state index contributed by atoms with van der Waals surface area (Å²) in [4.78, 5) is 26.9. The van der Waals surface area contributed by atoms with Crippen LogP contribution in [0.3, 0.4) is 0 Å². The number of phenolic OH excluding ortho intramolecular Hbond substituents is 2. The molecule has 0 aromatic heterocycles. The molecule has 6 N–H and O–H groups in total. The number of carbonyl (C=O) groups excluding carboxylic acids is 1. The number of amides is 1. The maximum atomic E-state index is 13.5. The van der Waals surface area contributed by atoms with Crippen LogP contribution in [0.15, 0.2) is 117 Å². The van der Waals surface area contributed by atoms with E-state index in [-0.39, 0.29) is 34.4 Å². The molecule has 0 bridgehead atoms. The highest BCUT2D eigenvalue weighted by atomic mass is 35.5. The van der Waals surface area contributed by atoms with Crippen molar-refractivity contribution in [2.45, 2.75) is 121 Å². The summed E-state index contributed by atoms with van der Waals surface area (Å²) in [5, 5.41) is 21.6. The number of carbonyl (C=O) groups is 1. The van der Waals surface area contributed by atoms with Crippen LogP contribution in [0.2, 0.25) is 5.02 Å². The van der Waals surface area contributed by atoms with Crippen molar-refractivity contribution in [2.24, 2.45) is 22.4 Å². The van der Waals surface area contributed by atoms with Gasteiger partial charge in [-0.15, -0.1) is 0 Å². The van der Waals surface area contributed by atoms with Crippen molar-refractivity contribution < 1.29 is 15.0 Å². The number of benzene rings is 3. The molecule has 65 heavy (non-hydrogen) atoms. The van der Waals surface area contributed by atoms with Crippen LogP contribution in [-0.2, 0) is 25.9 Å². The molecule has 0 spiro atoms.